The van der Waals surface area contributed by atoms with Crippen LogP contribution in [0.2, 0.25) is 0 Å². The number of phenols is 1. The van der Waals surface area contributed by atoms with Crippen LogP contribution in [0.15, 0.2) is 60.7 Å². The first-order valence-corrected chi connectivity index (χ1v) is 16.2. The minimum atomic E-state index is -3.57. The molecule has 3 rings (SSSR count). The normalized spacial score (nSPS) is 13.6. The van der Waals surface area contributed by atoms with E-state index in [2.05, 4.69) is 29.5 Å². The molecule has 0 fully saturated rings. The van der Waals surface area contributed by atoms with E-state index in [1.54, 1.807) is 25.1 Å². The van der Waals surface area contributed by atoms with Crippen LogP contribution in [0.3, 0.4) is 0 Å². The summed E-state index contributed by atoms with van der Waals surface area (Å²) in [6, 6.07) is 17.8. The van der Waals surface area contributed by atoms with Crippen molar-refractivity contribution in [3.63, 3.8) is 0 Å². The number of hydrogen-bond acceptors (Lipinski definition) is 5. The molecule has 7 nitrogen and oxygen atoms in total. The first-order chi connectivity index (χ1) is 19.4. The Bertz CT molecular complexity index is 1330. The highest BCUT2D eigenvalue weighted by atomic mass is 31.2. The van der Waals surface area contributed by atoms with Crippen molar-refractivity contribution < 1.29 is 28.5 Å². The van der Waals surface area contributed by atoms with Gasteiger partial charge in [-0.15, -0.1) is 0 Å². The number of phenolic OH excluding ortho intramolecular Hbond substituents is 1. The van der Waals surface area contributed by atoms with Crippen molar-refractivity contribution in [3.8, 4) is 17.2 Å². The highest BCUT2D eigenvalue weighted by Gasteiger charge is 2.37. The average molecular weight is 583 g/mol. The number of hydrogen-bond donors (Lipinski definition) is 2. The van der Waals surface area contributed by atoms with Crippen molar-refractivity contribution in [1.29, 1.82) is 0 Å². The molecular formula is C33H45NO6P+. The lowest BCUT2D eigenvalue weighted by atomic mass is 9.93. The SMILES string of the molecule is CCC(CC)OC(=O)[C@H](C)NP(=O)(COc1cc(C)c(Cc2ccc(O)c(C(C)C)c2)c(C)c1)[OH+]c1ccccc1. The fourth-order valence-corrected chi connectivity index (χ4v) is 6.44. The smallest absolute Gasteiger partial charge is 0.484 e. The van der Waals surface area contributed by atoms with Crippen molar-refractivity contribution in [2.24, 2.45) is 0 Å². The monoisotopic (exact) mass is 582 g/mol. The molecule has 222 valence electrons. The third kappa shape index (κ3) is 9.11. The van der Waals surface area contributed by atoms with Gasteiger partial charge >= 0.3 is 13.5 Å². The lowest BCUT2D eigenvalue weighted by Crippen LogP contribution is -2.37. The molecule has 0 bridgehead atoms. The van der Waals surface area contributed by atoms with E-state index in [1.807, 2.05) is 64.1 Å². The highest BCUT2D eigenvalue weighted by Crippen LogP contribution is 2.45. The molecule has 3 aromatic rings. The van der Waals surface area contributed by atoms with Crippen molar-refractivity contribution >= 4 is 13.5 Å². The molecule has 0 saturated heterocycles. The molecule has 3 N–H and O–H groups in total. The van der Waals surface area contributed by atoms with Crippen LogP contribution in [0.5, 0.6) is 17.2 Å². The van der Waals surface area contributed by atoms with Gasteiger partial charge in [0.2, 0.25) is 6.35 Å². The summed E-state index contributed by atoms with van der Waals surface area (Å²) in [5.74, 6) is 1.19. The lowest BCUT2D eigenvalue weighted by Gasteiger charge is -2.23. The molecule has 0 aliphatic carbocycles. The Labute approximate surface area is 244 Å². The van der Waals surface area contributed by atoms with Crippen molar-refractivity contribution in [2.45, 2.75) is 85.8 Å². The lowest BCUT2D eigenvalue weighted by molar-refractivity contribution is -0.151. The second kappa shape index (κ2) is 14.6. The molecule has 0 amide bonds. The van der Waals surface area contributed by atoms with Crippen LogP contribution in [-0.4, -0.2) is 34.1 Å². The minimum Gasteiger partial charge on any atom is -0.542 e. The van der Waals surface area contributed by atoms with E-state index in [4.69, 9.17) is 9.47 Å². The maximum Gasteiger partial charge on any atom is 0.484 e. The van der Waals surface area contributed by atoms with Gasteiger partial charge < -0.3 is 19.1 Å². The van der Waals surface area contributed by atoms with Crippen molar-refractivity contribution in [2.75, 3.05) is 6.35 Å². The van der Waals surface area contributed by atoms with Gasteiger partial charge in [-0.25, -0.2) is 4.57 Å². The zero-order valence-electron chi connectivity index (χ0n) is 25.3. The molecule has 3 aromatic carbocycles. The molecule has 0 aliphatic heterocycles. The van der Waals surface area contributed by atoms with Crippen LogP contribution in [0.25, 0.3) is 0 Å². The fourth-order valence-electron chi connectivity index (χ4n) is 4.71. The van der Waals surface area contributed by atoms with E-state index in [0.717, 1.165) is 28.7 Å². The minimum absolute atomic E-state index is 0.184. The number of ether oxygens (including phenoxy) is 2. The third-order valence-corrected chi connectivity index (χ3v) is 8.97. The van der Waals surface area contributed by atoms with Gasteiger partial charge in [-0.3, -0.25) is 4.79 Å². The van der Waals surface area contributed by atoms with Crippen LogP contribution in [0.4, 0.5) is 0 Å². The van der Waals surface area contributed by atoms with Crippen LogP contribution in [0.1, 0.15) is 81.2 Å². The Morgan fingerprint density at radius 2 is 1.61 bits per heavy atom. The summed E-state index contributed by atoms with van der Waals surface area (Å²) < 4.78 is 30.2. The number of benzene rings is 3. The molecule has 0 aliphatic rings. The molecule has 0 heterocycles. The van der Waals surface area contributed by atoms with E-state index >= 15 is 0 Å². The molecule has 1 unspecified atom stereocenters. The fraction of sp³-hybridized carbons (Fsp3) is 0.424. The molecule has 2 atom stereocenters. The number of carbonyl (C=O) groups excluding carboxylic acids is 1. The Morgan fingerprint density at radius 3 is 2.20 bits per heavy atom. The van der Waals surface area contributed by atoms with E-state index in [-0.39, 0.29) is 18.4 Å². The van der Waals surface area contributed by atoms with Gasteiger partial charge in [-0.05, 0) is 92.0 Å². The summed E-state index contributed by atoms with van der Waals surface area (Å²) in [4.78, 5) is 12.7. The van der Waals surface area contributed by atoms with Gasteiger partial charge in [0.15, 0.2) is 0 Å². The molecule has 0 saturated carbocycles. The zero-order chi connectivity index (χ0) is 30.2. The first-order valence-electron chi connectivity index (χ1n) is 14.3. The highest BCUT2D eigenvalue weighted by molar-refractivity contribution is 7.56. The maximum absolute atomic E-state index is 14.1. The predicted molar refractivity (Wildman–Crippen MR) is 165 cm³/mol. The number of esters is 1. The Kier molecular flexibility index (Phi) is 11.5. The standard InChI is InChI=1S/C33H44NO6P/c1-8-27(9-2)39-33(36)25(7)34-41(37,40-28-13-11-10-12-14-28)21-38-29-17-23(5)31(24(6)18-29)20-26-15-16-32(35)30(19-26)22(3)4/h10-19,22,25,27,35H,8-9,20-21H2,1-7H3,(H,34,37)/p+1/t25-,41?/m0/s1. The van der Waals surface area contributed by atoms with E-state index < -0.39 is 19.5 Å². The summed E-state index contributed by atoms with van der Waals surface area (Å²) in [6.07, 6.45) is 1.74. The molecule has 0 spiro atoms. The summed E-state index contributed by atoms with van der Waals surface area (Å²) in [7, 11) is -3.57. The molecule has 41 heavy (non-hydrogen) atoms. The average Bonchev–Trinajstić information content (AvgIpc) is 2.93. The van der Waals surface area contributed by atoms with E-state index in [9.17, 15) is 14.5 Å². The van der Waals surface area contributed by atoms with Gasteiger partial charge in [0, 0.05) is 12.1 Å². The third-order valence-electron chi connectivity index (χ3n) is 7.15. The second-order valence-electron chi connectivity index (χ2n) is 10.9. The Balaban J connectivity index is 1.78. The second-order valence-corrected chi connectivity index (χ2v) is 13.0. The number of aryl methyl sites for hydroxylation is 2. The van der Waals surface area contributed by atoms with Crippen LogP contribution in [-0.2, 0) is 20.5 Å². The van der Waals surface area contributed by atoms with Gasteiger partial charge in [0.25, 0.3) is 5.75 Å². The van der Waals surface area contributed by atoms with Crippen molar-refractivity contribution in [1.82, 2.24) is 5.09 Å². The largest absolute Gasteiger partial charge is 0.542 e. The zero-order valence-corrected chi connectivity index (χ0v) is 26.2. The number of nitrogens with one attached hydrogen (secondary N) is 1. The van der Waals surface area contributed by atoms with Crippen LogP contribution >= 0.6 is 7.52 Å². The first kappa shape index (κ1) is 32.2. The Morgan fingerprint density at radius 1 is 0.976 bits per heavy atom. The van der Waals surface area contributed by atoms with Gasteiger partial charge in [-0.1, -0.05) is 58.0 Å². The number of aromatic hydroxyl groups is 2. The topological polar surface area (TPSA) is 97.7 Å². The van der Waals surface area contributed by atoms with Crippen LogP contribution < -0.4 is 9.82 Å². The van der Waals surface area contributed by atoms with E-state index in [0.29, 0.717) is 30.1 Å². The summed E-state index contributed by atoms with van der Waals surface area (Å²) in [5, 5.41) is 13.1. The summed E-state index contributed by atoms with van der Waals surface area (Å²) in [6.45, 7) is 13.8. The van der Waals surface area contributed by atoms with Gasteiger partial charge in [0.05, 0.1) is 0 Å². The van der Waals surface area contributed by atoms with E-state index in [1.165, 1.54) is 5.56 Å². The quantitative estimate of drug-likeness (QED) is 0.114. The molecule has 8 heteroatoms. The Hall–Kier alpha value is -3.28. The summed E-state index contributed by atoms with van der Waals surface area (Å²) in [5.41, 5.74) is 5.32. The summed E-state index contributed by atoms with van der Waals surface area (Å²) >= 11 is 0. The molecular weight excluding hydrogens is 537 g/mol. The maximum atomic E-state index is 14.1. The van der Waals surface area contributed by atoms with Gasteiger partial charge in [0.1, 0.15) is 23.6 Å². The number of rotatable bonds is 14. The van der Waals surface area contributed by atoms with Crippen molar-refractivity contribution in [3.05, 3.63) is 88.5 Å². The molecule has 0 radical (unpaired) electrons. The number of para-hydroxylation sites is 1. The van der Waals surface area contributed by atoms with Crippen LogP contribution in [0, 0.1) is 13.8 Å². The number of carbonyl (C=O) groups is 1. The van der Waals surface area contributed by atoms with Gasteiger partial charge in [-0.2, -0.15) is 5.09 Å². The molecule has 0 aromatic heterocycles. The predicted octanol–water partition coefficient (Wildman–Crippen LogP) is 7.90.